The van der Waals surface area contributed by atoms with E-state index in [-0.39, 0.29) is 36.0 Å². The predicted octanol–water partition coefficient (Wildman–Crippen LogP) is 3.37. The summed E-state index contributed by atoms with van der Waals surface area (Å²) in [7, 11) is 0. The van der Waals surface area contributed by atoms with Crippen molar-refractivity contribution in [2.24, 2.45) is 0 Å². The van der Waals surface area contributed by atoms with Crippen molar-refractivity contribution in [3.63, 3.8) is 0 Å². The Morgan fingerprint density at radius 2 is 1.89 bits per heavy atom. The normalized spacial score (nSPS) is 25.9. The van der Waals surface area contributed by atoms with Crippen molar-refractivity contribution in [2.45, 2.75) is 63.2 Å². The Bertz CT molecular complexity index is 802. The van der Waals surface area contributed by atoms with Crippen LogP contribution in [-0.2, 0) is 4.79 Å². The number of carbonyl (C=O) groups is 2. The summed E-state index contributed by atoms with van der Waals surface area (Å²) in [6.07, 6.45) is 10.2. The molecule has 2 N–H and O–H groups in total. The largest absolute Gasteiger partial charge is 0.356 e. The van der Waals surface area contributed by atoms with E-state index in [9.17, 15) is 9.59 Å². The van der Waals surface area contributed by atoms with Gasteiger partial charge in [0.15, 0.2) is 0 Å². The number of aromatic nitrogens is 2. The number of hydrogen-bond donors (Lipinski definition) is 2. The summed E-state index contributed by atoms with van der Waals surface area (Å²) in [6.45, 7) is 1.91. The van der Waals surface area contributed by atoms with Crippen LogP contribution in [0.1, 0.15) is 55.6 Å². The topological polar surface area (TPSA) is 70.1 Å². The molecule has 2 saturated heterocycles. The molecule has 0 saturated carbocycles. The lowest BCUT2D eigenvalue weighted by Crippen LogP contribution is -2.59. The fourth-order valence-corrected chi connectivity index (χ4v) is 4.69. The summed E-state index contributed by atoms with van der Waals surface area (Å²) in [5.41, 5.74) is 0.542. The third kappa shape index (κ3) is 3.63. The first-order chi connectivity index (χ1) is 13.0. The van der Waals surface area contributed by atoms with Crippen LogP contribution in [0, 0.1) is 0 Å². The standard InChI is InChI=1S/C20H25ClN4O2/c1-13(24-7-2-3-8-24)19(26)23-15-10-16-5-4-6-17(11-15)25(16)20(27)18-9-14(21)12-22-18/h2-3,7-9,12-13,15-17,22H,4-6,10-11H2,1H3,(H,23,26). The predicted molar refractivity (Wildman–Crippen MR) is 104 cm³/mol. The molecule has 144 valence electrons. The van der Waals surface area contributed by atoms with Gasteiger partial charge in [-0.05, 0) is 57.2 Å². The zero-order valence-corrected chi connectivity index (χ0v) is 16.2. The number of fused-ring (bicyclic) bond motifs is 2. The number of aromatic amines is 1. The van der Waals surface area contributed by atoms with E-state index in [1.54, 1.807) is 12.3 Å². The number of hydrogen-bond acceptors (Lipinski definition) is 2. The molecule has 3 atom stereocenters. The molecular formula is C20H25ClN4O2. The quantitative estimate of drug-likeness (QED) is 0.842. The second-order valence-corrected chi connectivity index (χ2v) is 8.10. The van der Waals surface area contributed by atoms with Gasteiger partial charge in [-0.25, -0.2) is 0 Å². The molecule has 2 fully saturated rings. The third-order valence-corrected chi connectivity index (χ3v) is 6.11. The summed E-state index contributed by atoms with van der Waals surface area (Å²) in [5, 5.41) is 3.76. The van der Waals surface area contributed by atoms with E-state index >= 15 is 0 Å². The van der Waals surface area contributed by atoms with Crippen molar-refractivity contribution >= 4 is 23.4 Å². The lowest BCUT2D eigenvalue weighted by atomic mass is 9.81. The zero-order chi connectivity index (χ0) is 19.0. The van der Waals surface area contributed by atoms with E-state index in [0.717, 1.165) is 32.1 Å². The van der Waals surface area contributed by atoms with Gasteiger partial charge in [-0.15, -0.1) is 0 Å². The summed E-state index contributed by atoms with van der Waals surface area (Å²) >= 11 is 5.96. The van der Waals surface area contributed by atoms with E-state index in [2.05, 4.69) is 10.3 Å². The first-order valence-electron chi connectivity index (χ1n) is 9.62. The molecule has 3 unspecified atom stereocenters. The Labute approximate surface area is 163 Å². The molecule has 27 heavy (non-hydrogen) atoms. The van der Waals surface area contributed by atoms with Crippen LogP contribution in [0.4, 0.5) is 0 Å². The Balaban J connectivity index is 1.43. The average Bonchev–Trinajstić information content (AvgIpc) is 3.31. The maximum atomic E-state index is 13.0. The molecule has 2 aliphatic rings. The second kappa shape index (κ2) is 7.43. The molecule has 2 aliphatic heterocycles. The first-order valence-corrected chi connectivity index (χ1v) is 10.00. The number of carbonyl (C=O) groups excluding carboxylic acids is 2. The molecule has 4 heterocycles. The molecule has 0 aliphatic carbocycles. The van der Waals surface area contributed by atoms with Crippen LogP contribution in [-0.4, -0.2) is 44.4 Å². The average molecular weight is 389 g/mol. The minimum absolute atomic E-state index is 0.0158. The number of piperidine rings is 2. The Morgan fingerprint density at radius 1 is 1.22 bits per heavy atom. The first kappa shape index (κ1) is 18.2. The van der Waals surface area contributed by atoms with Crippen LogP contribution >= 0.6 is 11.6 Å². The van der Waals surface area contributed by atoms with Crippen LogP contribution in [0.5, 0.6) is 0 Å². The lowest BCUT2D eigenvalue weighted by molar-refractivity contribution is -0.125. The van der Waals surface area contributed by atoms with Gasteiger partial charge in [0, 0.05) is 36.7 Å². The highest BCUT2D eigenvalue weighted by Gasteiger charge is 2.42. The van der Waals surface area contributed by atoms with E-state index in [1.165, 1.54) is 0 Å². The van der Waals surface area contributed by atoms with Gasteiger partial charge in [0.2, 0.25) is 5.91 Å². The molecule has 0 aromatic carbocycles. The van der Waals surface area contributed by atoms with Crippen LogP contribution < -0.4 is 5.32 Å². The minimum Gasteiger partial charge on any atom is -0.356 e. The molecule has 2 aromatic heterocycles. The van der Waals surface area contributed by atoms with E-state index in [4.69, 9.17) is 11.6 Å². The fraction of sp³-hybridized carbons (Fsp3) is 0.500. The Hall–Kier alpha value is -2.21. The van der Waals surface area contributed by atoms with Gasteiger partial charge in [-0.3, -0.25) is 9.59 Å². The second-order valence-electron chi connectivity index (χ2n) is 7.67. The van der Waals surface area contributed by atoms with Gasteiger partial charge in [0.1, 0.15) is 11.7 Å². The number of rotatable bonds is 4. The van der Waals surface area contributed by atoms with Crippen molar-refractivity contribution in [3.8, 4) is 0 Å². The minimum atomic E-state index is -0.236. The monoisotopic (exact) mass is 388 g/mol. The molecule has 6 nitrogen and oxygen atoms in total. The molecule has 2 bridgehead atoms. The molecule has 0 spiro atoms. The van der Waals surface area contributed by atoms with Crippen LogP contribution in [0.2, 0.25) is 5.02 Å². The maximum absolute atomic E-state index is 13.0. The zero-order valence-electron chi connectivity index (χ0n) is 15.4. The Kier molecular flexibility index (Phi) is 5.00. The highest BCUT2D eigenvalue weighted by molar-refractivity contribution is 6.30. The van der Waals surface area contributed by atoms with E-state index in [1.807, 2.05) is 40.9 Å². The molecule has 0 radical (unpaired) electrons. The highest BCUT2D eigenvalue weighted by Crippen LogP contribution is 2.35. The van der Waals surface area contributed by atoms with E-state index in [0.29, 0.717) is 10.7 Å². The summed E-state index contributed by atoms with van der Waals surface area (Å²) in [6, 6.07) is 5.74. The summed E-state index contributed by atoms with van der Waals surface area (Å²) in [4.78, 5) is 30.6. The third-order valence-electron chi connectivity index (χ3n) is 5.89. The van der Waals surface area contributed by atoms with Gasteiger partial charge in [-0.1, -0.05) is 11.6 Å². The smallest absolute Gasteiger partial charge is 0.270 e. The number of nitrogens with one attached hydrogen (secondary N) is 2. The van der Waals surface area contributed by atoms with Crippen LogP contribution in [0.25, 0.3) is 0 Å². The summed E-state index contributed by atoms with van der Waals surface area (Å²) < 4.78 is 1.91. The van der Waals surface area contributed by atoms with Crippen molar-refractivity contribution in [1.82, 2.24) is 19.8 Å². The number of nitrogens with zero attached hydrogens (tertiary/aromatic N) is 2. The molecular weight excluding hydrogens is 364 g/mol. The Morgan fingerprint density at radius 3 is 2.48 bits per heavy atom. The lowest BCUT2D eigenvalue weighted by Gasteiger charge is -2.49. The van der Waals surface area contributed by atoms with Crippen molar-refractivity contribution in [1.29, 1.82) is 0 Å². The SMILES string of the molecule is CC(C(=O)NC1CC2CCCC(C1)N2C(=O)c1cc(Cl)c[nH]1)n1cccc1. The molecule has 7 heteroatoms. The van der Waals surface area contributed by atoms with E-state index < -0.39 is 0 Å². The molecule has 2 aromatic rings. The van der Waals surface area contributed by atoms with Gasteiger partial charge >= 0.3 is 0 Å². The number of halogens is 1. The van der Waals surface area contributed by atoms with Crippen molar-refractivity contribution < 1.29 is 9.59 Å². The van der Waals surface area contributed by atoms with Gasteiger partial charge in [-0.2, -0.15) is 0 Å². The van der Waals surface area contributed by atoms with Gasteiger partial charge in [0.05, 0.1) is 5.02 Å². The van der Waals surface area contributed by atoms with Crippen molar-refractivity contribution in [3.05, 3.63) is 47.5 Å². The summed E-state index contributed by atoms with van der Waals surface area (Å²) in [5.74, 6) is 0.0484. The molecule has 2 amide bonds. The fourth-order valence-electron chi connectivity index (χ4n) is 4.52. The molecule has 4 rings (SSSR count). The number of amides is 2. The number of H-pyrrole nitrogens is 1. The maximum Gasteiger partial charge on any atom is 0.270 e. The van der Waals surface area contributed by atoms with Gasteiger partial charge < -0.3 is 19.8 Å². The van der Waals surface area contributed by atoms with Crippen molar-refractivity contribution in [2.75, 3.05) is 0 Å². The van der Waals surface area contributed by atoms with Gasteiger partial charge in [0.25, 0.3) is 5.91 Å². The van der Waals surface area contributed by atoms with Crippen LogP contribution in [0.15, 0.2) is 36.8 Å². The van der Waals surface area contributed by atoms with Crippen LogP contribution in [0.3, 0.4) is 0 Å². The highest BCUT2D eigenvalue weighted by atomic mass is 35.5.